The molecule has 0 atom stereocenters. The Balaban J connectivity index is 3.62. The molecule has 16 heavy (non-hydrogen) atoms. The van der Waals surface area contributed by atoms with Crippen molar-refractivity contribution in [3.05, 3.63) is 0 Å². The van der Waals surface area contributed by atoms with Gasteiger partial charge >= 0.3 is 0 Å². The third-order valence-corrected chi connectivity index (χ3v) is 1.92. The van der Waals surface area contributed by atoms with Crippen LogP contribution < -0.4 is 5.32 Å². The van der Waals surface area contributed by atoms with E-state index in [1.165, 1.54) is 0 Å². The molecule has 0 aliphatic carbocycles. The first-order chi connectivity index (χ1) is 7.35. The van der Waals surface area contributed by atoms with Gasteiger partial charge in [0.2, 0.25) is 5.91 Å². The molecule has 0 heterocycles. The fourth-order valence-electron chi connectivity index (χ4n) is 1.46. The maximum Gasteiger partial charge on any atom is 0.234 e. The van der Waals surface area contributed by atoms with Gasteiger partial charge in [-0.2, -0.15) is 0 Å². The van der Waals surface area contributed by atoms with Crippen LogP contribution in [0.4, 0.5) is 0 Å². The van der Waals surface area contributed by atoms with Gasteiger partial charge < -0.3 is 15.2 Å². The first-order valence-electron chi connectivity index (χ1n) is 5.51. The van der Waals surface area contributed by atoms with Crippen LogP contribution in [-0.2, 0) is 9.53 Å². The van der Waals surface area contributed by atoms with Gasteiger partial charge in [0.25, 0.3) is 0 Å². The molecule has 0 saturated carbocycles. The van der Waals surface area contributed by atoms with Crippen molar-refractivity contribution in [3.8, 4) is 0 Å². The van der Waals surface area contributed by atoms with Crippen molar-refractivity contribution in [1.29, 1.82) is 0 Å². The largest absolute Gasteiger partial charge is 0.389 e. The molecule has 0 fully saturated rings. The van der Waals surface area contributed by atoms with Gasteiger partial charge in [0.05, 0.1) is 12.1 Å². The summed E-state index contributed by atoms with van der Waals surface area (Å²) >= 11 is 0. The van der Waals surface area contributed by atoms with Crippen molar-refractivity contribution in [2.24, 2.45) is 0 Å². The highest BCUT2D eigenvalue weighted by molar-refractivity contribution is 5.77. The fourth-order valence-corrected chi connectivity index (χ4v) is 1.46. The van der Waals surface area contributed by atoms with Crippen LogP contribution in [0.25, 0.3) is 0 Å². The zero-order valence-corrected chi connectivity index (χ0v) is 10.7. The Morgan fingerprint density at radius 1 is 1.50 bits per heavy atom. The Labute approximate surface area is 97.8 Å². The molecule has 0 radical (unpaired) electrons. The number of hydrogen-bond donors (Lipinski definition) is 2. The van der Waals surface area contributed by atoms with Gasteiger partial charge in [0, 0.05) is 26.8 Å². The fraction of sp³-hybridized carbons (Fsp3) is 0.909. The number of hydrogen-bond acceptors (Lipinski definition) is 4. The van der Waals surface area contributed by atoms with Crippen LogP contribution in [0.15, 0.2) is 0 Å². The van der Waals surface area contributed by atoms with E-state index in [4.69, 9.17) is 4.74 Å². The van der Waals surface area contributed by atoms with Crippen molar-refractivity contribution < 1.29 is 14.6 Å². The number of amides is 1. The number of aliphatic hydroxyl groups is 1. The number of rotatable bonds is 8. The summed E-state index contributed by atoms with van der Waals surface area (Å²) in [5, 5.41) is 12.3. The zero-order chi connectivity index (χ0) is 12.6. The summed E-state index contributed by atoms with van der Waals surface area (Å²) in [7, 11) is 3.45. The van der Waals surface area contributed by atoms with E-state index in [9.17, 15) is 9.90 Å². The second-order valence-electron chi connectivity index (χ2n) is 4.68. The molecule has 0 rings (SSSR count). The molecule has 5 heteroatoms. The molecule has 96 valence electrons. The lowest BCUT2D eigenvalue weighted by molar-refractivity contribution is -0.122. The van der Waals surface area contributed by atoms with E-state index < -0.39 is 5.60 Å². The molecule has 0 bridgehead atoms. The van der Waals surface area contributed by atoms with E-state index in [0.717, 1.165) is 6.42 Å². The van der Waals surface area contributed by atoms with Gasteiger partial charge in [0.1, 0.15) is 0 Å². The third-order valence-electron chi connectivity index (χ3n) is 1.92. The van der Waals surface area contributed by atoms with E-state index in [1.54, 1.807) is 25.9 Å². The third kappa shape index (κ3) is 9.89. The molecule has 0 aliphatic heterocycles. The Morgan fingerprint density at radius 3 is 2.62 bits per heavy atom. The lowest BCUT2D eigenvalue weighted by Crippen LogP contribution is -2.42. The Kier molecular flexibility index (Phi) is 7.29. The van der Waals surface area contributed by atoms with Gasteiger partial charge in [-0.15, -0.1) is 0 Å². The number of likely N-dealkylation sites (N-methyl/N-ethyl adjacent to an activating group) is 1. The van der Waals surface area contributed by atoms with Crippen molar-refractivity contribution in [3.63, 3.8) is 0 Å². The van der Waals surface area contributed by atoms with Crippen LogP contribution in [0, 0.1) is 0 Å². The number of methoxy groups -OCH3 is 1. The number of nitrogens with one attached hydrogen (secondary N) is 1. The molecule has 0 saturated heterocycles. The van der Waals surface area contributed by atoms with Crippen molar-refractivity contribution >= 4 is 5.91 Å². The lowest BCUT2D eigenvalue weighted by Gasteiger charge is -2.24. The van der Waals surface area contributed by atoms with E-state index in [0.29, 0.717) is 26.2 Å². The summed E-state index contributed by atoms with van der Waals surface area (Å²) in [5.74, 6) is -0.0251. The summed E-state index contributed by atoms with van der Waals surface area (Å²) < 4.78 is 4.88. The first kappa shape index (κ1) is 15.3. The Bertz CT molecular complexity index is 202. The van der Waals surface area contributed by atoms with Gasteiger partial charge in [-0.3, -0.25) is 9.69 Å². The highest BCUT2D eigenvalue weighted by atomic mass is 16.5. The normalized spacial score (nSPS) is 11.9. The topological polar surface area (TPSA) is 61.8 Å². The zero-order valence-electron chi connectivity index (χ0n) is 10.7. The minimum Gasteiger partial charge on any atom is -0.389 e. The molecule has 0 aromatic rings. The lowest BCUT2D eigenvalue weighted by atomic mass is 10.1. The molecule has 0 aromatic heterocycles. The van der Waals surface area contributed by atoms with Crippen molar-refractivity contribution in [1.82, 2.24) is 10.2 Å². The van der Waals surface area contributed by atoms with Crippen LogP contribution in [0.2, 0.25) is 0 Å². The molecule has 0 unspecified atom stereocenters. The van der Waals surface area contributed by atoms with Gasteiger partial charge in [0.15, 0.2) is 0 Å². The summed E-state index contributed by atoms with van der Waals surface area (Å²) in [6.45, 7) is 5.50. The van der Waals surface area contributed by atoms with Crippen LogP contribution in [0.5, 0.6) is 0 Å². The Hall–Kier alpha value is -0.650. The average molecular weight is 232 g/mol. The quantitative estimate of drug-likeness (QED) is 0.571. The SMILES string of the molecule is COCCCNC(=O)CN(C)CC(C)(C)O. The average Bonchev–Trinajstić information content (AvgIpc) is 2.09. The van der Waals surface area contributed by atoms with Gasteiger partial charge in [-0.1, -0.05) is 0 Å². The van der Waals surface area contributed by atoms with E-state index >= 15 is 0 Å². The summed E-state index contributed by atoms with van der Waals surface area (Å²) in [5.41, 5.74) is -0.773. The van der Waals surface area contributed by atoms with Crippen LogP contribution in [0.1, 0.15) is 20.3 Å². The predicted octanol–water partition coefficient (Wildman–Crippen LogP) is -0.158. The summed E-state index contributed by atoms with van der Waals surface area (Å²) in [6.07, 6.45) is 0.817. The van der Waals surface area contributed by atoms with Crippen molar-refractivity contribution in [2.75, 3.05) is 40.4 Å². The molecule has 1 amide bonds. The van der Waals surface area contributed by atoms with E-state index in [2.05, 4.69) is 5.32 Å². The number of ether oxygens (including phenoxy) is 1. The predicted molar refractivity (Wildman–Crippen MR) is 63.3 cm³/mol. The van der Waals surface area contributed by atoms with Gasteiger partial charge in [-0.25, -0.2) is 0 Å². The second-order valence-corrected chi connectivity index (χ2v) is 4.68. The maximum absolute atomic E-state index is 11.4. The number of nitrogens with zero attached hydrogens (tertiary/aromatic N) is 1. The first-order valence-corrected chi connectivity index (χ1v) is 5.51. The van der Waals surface area contributed by atoms with Crippen LogP contribution in [-0.4, -0.2) is 61.9 Å². The Morgan fingerprint density at radius 2 is 2.12 bits per heavy atom. The minimum atomic E-state index is -0.773. The monoisotopic (exact) mass is 232 g/mol. The number of carbonyl (C=O) groups is 1. The molecule has 0 aromatic carbocycles. The summed E-state index contributed by atoms with van der Waals surface area (Å²) in [4.78, 5) is 13.2. The number of carbonyl (C=O) groups excluding carboxylic acids is 1. The molecule has 0 aliphatic rings. The van der Waals surface area contributed by atoms with Crippen molar-refractivity contribution in [2.45, 2.75) is 25.9 Å². The minimum absolute atomic E-state index is 0.0251. The van der Waals surface area contributed by atoms with Crippen LogP contribution in [0.3, 0.4) is 0 Å². The highest BCUT2D eigenvalue weighted by Gasteiger charge is 2.16. The highest BCUT2D eigenvalue weighted by Crippen LogP contribution is 2.02. The standard InChI is InChI=1S/C11H24N2O3/c1-11(2,15)9-13(3)8-10(14)12-6-5-7-16-4/h15H,5-9H2,1-4H3,(H,12,14). The van der Waals surface area contributed by atoms with E-state index in [-0.39, 0.29) is 5.91 Å². The second kappa shape index (κ2) is 7.60. The molecular weight excluding hydrogens is 208 g/mol. The van der Waals surface area contributed by atoms with Gasteiger partial charge in [-0.05, 0) is 27.3 Å². The molecule has 5 nitrogen and oxygen atoms in total. The smallest absolute Gasteiger partial charge is 0.234 e. The molecular formula is C11H24N2O3. The molecule has 0 spiro atoms. The van der Waals surface area contributed by atoms with E-state index in [1.807, 2.05) is 7.05 Å². The maximum atomic E-state index is 11.4. The molecule has 2 N–H and O–H groups in total. The summed E-state index contributed by atoms with van der Waals surface area (Å²) in [6, 6.07) is 0. The van der Waals surface area contributed by atoms with Crippen LogP contribution >= 0.6 is 0 Å².